The summed E-state index contributed by atoms with van der Waals surface area (Å²) in [5.41, 5.74) is 5.17. The largest absolute Gasteiger partial charge is 0.359 e. The Morgan fingerprint density at radius 2 is 1.77 bits per heavy atom. The molecule has 48 heavy (non-hydrogen) atoms. The fourth-order valence-electron chi connectivity index (χ4n) is 6.60. The van der Waals surface area contributed by atoms with Gasteiger partial charge in [0.25, 0.3) is 5.91 Å². The van der Waals surface area contributed by atoms with Gasteiger partial charge in [0.15, 0.2) is 0 Å². The highest BCUT2D eigenvalue weighted by Gasteiger charge is 2.35. The number of fused-ring (bicyclic) bond motifs is 2. The number of hydrogen-bond acceptors (Lipinski definition) is 5. The first-order chi connectivity index (χ1) is 23.1. The van der Waals surface area contributed by atoms with E-state index in [4.69, 9.17) is 12.2 Å². The number of amides is 3. The van der Waals surface area contributed by atoms with Gasteiger partial charge in [-0.15, -0.1) is 0 Å². The Bertz CT molecular complexity index is 1580. The summed E-state index contributed by atoms with van der Waals surface area (Å²) in [5, 5.41) is 11.0. The molecular weight excluding hydrogens is 621 g/mol. The fourth-order valence-corrected chi connectivity index (χ4v) is 7.02. The van der Waals surface area contributed by atoms with E-state index in [-0.39, 0.29) is 18.0 Å². The molecular formula is C37H55N8O2S+. The number of carbonyl (C=O) groups is 2. The van der Waals surface area contributed by atoms with Gasteiger partial charge in [0.1, 0.15) is 10.8 Å². The highest BCUT2D eigenvalue weighted by atomic mass is 32.1. The Balaban J connectivity index is 0.00000125. The van der Waals surface area contributed by atoms with E-state index < -0.39 is 0 Å². The van der Waals surface area contributed by atoms with Crippen molar-refractivity contribution in [3.05, 3.63) is 70.9 Å². The van der Waals surface area contributed by atoms with E-state index in [1.165, 1.54) is 0 Å². The summed E-state index contributed by atoms with van der Waals surface area (Å²) in [6, 6.07) is 13.4. The first-order valence-corrected chi connectivity index (χ1v) is 18.0. The first kappa shape index (κ1) is 36.9. The minimum atomic E-state index is -0.0845. The van der Waals surface area contributed by atoms with Crippen LogP contribution in [0, 0.1) is 6.92 Å². The number of benzene rings is 2. The quantitative estimate of drug-likeness (QED) is 0.244. The van der Waals surface area contributed by atoms with Gasteiger partial charge in [-0.2, -0.15) is 5.10 Å². The number of nitrogens with zero attached hydrogens (tertiary/aromatic N) is 6. The Morgan fingerprint density at radius 3 is 2.52 bits per heavy atom. The maximum absolute atomic E-state index is 13.9. The molecule has 2 aromatic carbocycles. The predicted octanol–water partition coefficient (Wildman–Crippen LogP) is 6.47. The zero-order chi connectivity index (χ0) is 35.0. The van der Waals surface area contributed by atoms with Crippen LogP contribution in [0.15, 0.2) is 48.7 Å². The second kappa shape index (κ2) is 16.4. The maximum Gasteiger partial charge on any atom is 0.318 e. The minimum Gasteiger partial charge on any atom is -0.359 e. The lowest BCUT2D eigenvalue weighted by atomic mass is 10.0. The fraction of sp³-hybridized carbons (Fsp3) is 0.514. The molecule has 2 fully saturated rings. The number of carbonyl (C=O) groups excluding carboxylic acids is 2. The van der Waals surface area contributed by atoms with Crippen molar-refractivity contribution in [3.8, 4) is 0 Å². The van der Waals surface area contributed by atoms with Gasteiger partial charge in [0, 0.05) is 44.2 Å². The van der Waals surface area contributed by atoms with E-state index in [1.54, 1.807) is 15.8 Å². The molecule has 6 rings (SSSR count). The van der Waals surface area contributed by atoms with Gasteiger partial charge in [-0.1, -0.05) is 58.1 Å². The number of quaternary nitrogens is 1. The van der Waals surface area contributed by atoms with Crippen molar-refractivity contribution < 1.29 is 14.1 Å². The summed E-state index contributed by atoms with van der Waals surface area (Å²) in [7, 11) is 6.43. The smallest absolute Gasteiger partial charge is 0.318 e. The number of rotatable bonds is 4. The topological polar surface area (TPSA) is 85.7 Å². The molecule has 2 saturated heterocycles. The van der Waals surface area contributed by atoms with Crippen LogP contribution in [0.4, 0.5) is 22.0 Å². The number of aryl methyl sites for hydroxylation is 2. The van der Waals surface area contributed by atoms with Crippen LogP contribution >= 0.6 is 12.2 Å². The van der Waals surface area contributed by atoms with E-state index in [9.17, 15) is 9.59 Å². The number of urea groups is 1. The molecule has 11 heteroatoms. The van der Waals surface area contributed by atoms with Crippen molar-refractivity contribution in [1.82, 2.24) is 24.9 Å². The molecule has 0 spiro atoms. The number of hydrogen-bond donors (Lipinski definition) is 2. The van der Waals surface area contributed by atoms with Crippen LogP contribution in [-0.2, 0) is 20.1 Å². The Labute approximate surface area is 292 Å². The third-order valence-electron chi connectivity index (χ3n) is 9.33. The molecule has 10 nitrogen and oxygen atoms in total. The molecule has 0 bridgehead atoms. The molecule has 0 saturated carbocycles. The van der Waals surface area contributed by atoms with Gasteiger partial charge in [0.05, 0.1) is 63.9 Å². The average Bonchev–Trinajstić information content (AvgIpc) is 3.62. The lowest BCUT2D eigenvalue weighted by Gasteiger charge is -2.32. The zero-order valence-corrected chi connectivity index (χ0v) is 31.0. The molecule has 1 aromatic heterocycles. The lowest BCUT2D eigenvalue weighted by Crippen LogP contribution is -2.51. The normalized spacial score (nSPS) is 18.0. The number of para-hydroxylation sites is 2. The van der Waals surface area contributed by atoms with Gasteiger partial charge in [-0.05, 0) is 55.2 Å². The van der Waals surface area contributed by atoms with Crippen LogP contribution in [-0.4, -0.2) is 93.9 Å². The van der Waals surface area contributed by atoms with Gasteiger partial charge in [0.2, 0.25) is 0 Å². The second-order valence-corrected chi connectivity index (χ2v) is 13.3. The molecule has 3 aliphatic rings. The summed E-state index contributed by atoms with van der Waals surface area (Å²) in [4.78, 5) is 34.2. The molecule has 1 unspecified atom stereocenters. The van der Waals surface area contributed by atoms with Crippen molar-refractivity contribution in [1.29, 1.82) is 0 Å². The number of anilines is 3. The van der Waals surface area contributed by atoms with Crippen LogP contribution in [0.1, 0.15) is 74.0 Å². The number of likely N-dealkylation sites (tertiary alicyclic amines) is 1. The van der Waals surface area contributed by atoms with Crippen molar-refractivity contribution >= 4 is 46.3 Å². The maximum atomic E-state index is 13.9. The van der Waals surface area contributed by atoms with Crippen molar-refractivity contribution in [2.45, 2.75) is 73.0 Å². The van der Waals surface area contributed by atoms with Crippen molar-refractivity contribution in [2.24, 2.45) is 7.05 Å². The summed E-state index contributed by atoms with van der Waals surface area (Å²) < 4.78 is 2.80. The van der Waals surface area contributed by atoms with E-state index in [1.807, 2.05) is 89.0 Å². The SMILES string of the molecule is CC.CC.Cc1cc(C(=O)N2Cc3cnn(C)c3Nc3ccccc32)ccc1CNC(=O)N1CCCC1C(=S)N1CCC[N+](C)(C)CC1. The minimum absolute atomic E-state index is 0.0360. The molecule has 1 atom stereocenters. The molecule has 2 N–H and O–H groups in total. The van der Waals surface area contributed by atoms with Crippen LogP contribution in [0.25, 0.3) is 0 Å². The Hall–Kier alpha value is -3.96. The van der Waals surface area contributed by atoms with E-state index >= 15 is 0 Å². The molecule has 4 heterocycles. The monoisotopic (exact) mass is 675 g/mol. The van der Waals surface area contributed by atoms with Crippen molar-refractivity contribution in [3.63, 3.8) is 0 Å². The molecule has 260 valence electrons. The molecule has 3 amide bonds. The highest BCUT2D eigenvalue weighted by Crippen LogP contribution is 2.36. The average molecular weight is 676 g/mol. The van der Waals surface area contributed by atoms with E-state index in [2.05, 4.69) is 34.7 Å². The second-order valence-electron chi connectivity index (χ2n) is 12.9. The Morgan fingerprint density at radius 1 is 1.02 bits per heavy atom. The van der Waals surface area contributed by atoms with E-state index in [0.717, 1.165) is 88.8 Å². The predicted molar refractivity (Wildman–Crippen MR) is 200 cm³/mol. The standard InChI is InChI=1S/C33H42N8O2S.2C2H6/c1-23-19-24(31(42)40-22-26-21-35-37(2)30(26)36-27-9-5-6-10-28(27)40)12-13-25(23)20-34-33(43)39-15-7-11-29(39)32(44)38-14-8-17-41(3,4)18-16-38;2*1-2/h5-6,9-10,12-13,19,21,29H,7-8,11,14-18,20,22H2,1-4H3,(H-,34,35,36,43);2*1-2H3/p+1. The molecule has 0 aliphatic carbocycles. The first-order valence-electron chi connectivity index (χ1n) is 17.5. The van der Waals surface area contributed by atoms with Crippen LogP contribution in [0.3, 0.4) is 0 Å². The van der Waals surface area contributed by atoms with Gasteiger partial charge in [-0.3, -0.25) is 9.48 Å². The van der Waals surface area contributed by atoms with Gasteiger partial charge < -0.3 is 29.8 Å². The van der Waals surface area contributed by atoms with Crippen LogP contribution in [0.2, 0.25) is 0 Å². The van der Waals surface area contributed by atoms with Gasteiger partial charge >= 0.3 is 6.03 Å². The number of likely N-dealkylation sites (N-methyl/N-ethyl adjacent to an activating group) is 1. The summed E-state index contributed by atoms with van der Waals surface area (Å²) in [6.45, 7) is 15.6. The van der Waals surface area contributed by atoms with Crippen molar-refractivity contribution in [2.75, 3.05) is 57.0 Å². The third kappa shape index (κ3) is 8.18. The van der Waals surface area contributed by atoms with Crippen LogP contribution < -0.4 is 15.5 Å². The lowest BCUT2D eigenvalue weighted by molar-refractivity contribution is -0.888. The number of aromatic nitrogens is 2. The highest BCUT2D eigenvalue weighted by molar-refractivity contribution is 7.80. The summed E-state index contributed by atoms with van der Waals surface area (Å²) >= 11 is 5.97. The summed E-state index contributed by atoms with van der Waals surface area (Å²) in [5.74, 6) is 0.796. The molecule has 3 aliphatic heterocycles. The zero-order valence-electron chi connectivity index (χ0n) is 30.2. The number of thiocarbonyl (C=S) groups is 1. The molecule has 3 aromatic rings. The summed E-state index contributed by atoms with van der Waals surface area (Å²) in [6.07, 6.45) is 4.78. The molecule has 0 radical (unpaired) electrons. The Kier molecular flexibility index (Phi) is 12.6. The number of nitrogens with one attached hydrogen (secondary N) is 2. The third-order valence-corrected chi connectivity index (χ3v) is 9.86. The van der Waals surface area contributed by atoms with Crippen LogP contribution in [0.5, 0.6) is 0 Å². The van der Waals surface area contributed by atoms with Gasteiger partial charge in [-0.25, -0.2) is 4.79 Å². The van der Waals surface area contributed by atoms with E-state index in [0.29, 0.717) is 25.2 Å².